The van der Waals surface area contributed by atoms with Crippen LogP contribution in [-0.2, 0) is 4.79 Å². The Morgan fingerprint density at radius 3 is 1.20 bits per heavy atom. The lowest BCUT2D eigenvalue weighted by Gasteiger charge is -2.20. The van der Waals surface area contributed by atoms with Crippen LogP contribution in [0.1, 0.15) is 219 Å². The monoisotopic (exact) mass is 648 g/mol. The maximum atomic E-state index is 12.3. The van der Waals surface area contributed by atoms with Gasteiger partial charge >= 0.3 is 0 Å². The first-order chi connectivity index (χ1) is 22.7. The van der Waals surface area contributed by atoms with E-state index in [9.17, 15) is 15.0 Å². The number of carbonyl (C=O) groups is 1. The van der Waals surface area contributed by atoms with E-state index in [4.69, 9.17) is 0 Å². The number of rotatable bonds is 37. The molecule has 0 radical (unpaired) electrons. The zero-order valence-electron chi connectivity index (χ0n) is 31.1. The number of carbonyl (C=O) groups excluding carboxylic acids is 1. The number of amides is 1. The SMILES string of the molecule is CCCCCCCC/C=C/CCCCCCCCCCCCCC(=O)N[C@H](CO)[C@H](O)/C=C/CCCCCCCCCCCCC. The van der Waals surface area contributed by atoms with Gasteiger partial charge in [0.1, 0.15) is 0 Å². The summed E-state index contributed by atoms with van der Waals surface area (Å²) in [5.74, 6) is -0.0647. The molecular formula is C42H81NO3. The molecule has 0 aromatic rings. The lowest BCUT2D eigenvalue weighted by molar-refractivity contribution is -0.123. The van der Waals surface area contributed by atoms with Crippen molar-refractivity contribution in [3.05, 3.63) is 24.3 Å². The number of aliphatic hydroxyl groups excluding tert-OH is 2. The molecule has 0 spiro atoms. The summed E-state index contributed by atoms with van der Waals surface area (Å²) in [6, 6.07) is -0.618. The Balaban J connectivity index is 3.55. The third kappa shape index (κ3) is 34.2. The Hall–Kier alpha value is -1.13. The summed E-state index contributed by atoms with van der Waals surface area (Å²) in [5.41, 5.74) is 0. The highest BCUT2D eigenvalue weighted by Gasteiger charge is 2.17. The van der Waals surface area contributed by atoms with Crippen molar-refractivity contribution in [3.63, 3.8) is 0 Å². The van der Waals surface area contributed by atoms with E-state index in [0.717, 1.165) is 25.7 Å². The van der Waals surface area contributed by atoms with Gasteiger partial charge in [-0.1, -0.05) is 192 Å². The number of hydrogen-bond acceptors (Lipinski definition) is 3. The molecule has 0 aromatic carbocycles. The highest BCUT2D eigenvalue weighted by molar-refractivity contribution is 5.76. The molecule has 0 aromatic heterocycles. The van der Waals surface area contributed by atoms with E-state index < -0.39 is 12.1 Å². The number of aliphatic hydroxyl groups is 2. The fraction of sp³-hybridized carbons (Fsp3) is 0.881. The molecule has 4 nitrogen and oxygen atoms in total. The summed E-state index contributed by atoms with van der Waals surface area (Å²) in [6.45, 7) is 4.30. The number of allylic oxidation sites excluding steroid dienone is 3. The lowest BCUT2D eigenvalue weighted by Crippen LogP contribution is -2.45. The molecule has 0 unspecified atom stereocenters. The Morgan fingerprint density at radius 1 is 0.500 bits per heavy atom. The van der Waals surface area contributed by atoms with E-state index in [1.165, 1.54) is 173 Å². The fourth-order valence-electron chi connectivity index (χ4n) is 6.23. The quantitative estimate of drug-likeness (QED) is 0.0464. The average molecular weight is 648 g/mol. The van der Waals surface area contributed by atoms with E-state index in [2.05, 4.69) is 31.3 Å². The predicted octanol–water partition coefficient (Wildman–Crippen LogP) is 12.5. The van der Waals surface area contributed by atoms with E-state index in [-0.39, 0.29) is 12.5 Å². The molecule has 0 aliphatic heterocycles. The van der Waals surface area contributed by atoms with Crippen molar-refractivity contribution in [1.29, 1.82) is 0 Å². The fourth-order valence-corrected chi connectivity index (χ4v) is 6.23. The first kappa shape index (κ1) is 44.9. The normalized spacial score (nSPS) is 13.2. The van der Waals surface area contributed by atoms with Crippen molar-refractivity contribution in [2.45, 2.75) is 231 Å². The Morgan fingerprint density at radius 2 is 0.826 bits per heavy atom. The van der Waals surface area contributed by atoms with Crippen LogP contribution in [0.15, 0.2) is 24.3 Å². The maximum absolute atomic E-state index is 12.3. The van der Waals surface area contributed by atoms with Crippen molar-refractivity contribution < 1.29 is 15.0 Å². The van der Waals surface area contributed by atoms with Crippen LogP contribution < -0.4 is 5.32 Å². The molecule has 3 N–H and O–H groups in total. The van der Waals surface area contributed by atoms with Gasteiger partial charge in [-0.05, 0) is 44.9 Å². The molecule has 0 bridgehead atoms. The molecule has 2 atom stereocenters. The minimum Gasteiger partial charge on any atom is -0.394 e. The maximum Gasteiger partial charge on any atom is 0.220 e. The minimum atomic E-state index is -0.835. The third-order valence-corrected chi connectivity index (χ3v) is 9.43. The van der Waals surface area contributed by atoms with Crippen LogP contribution in [0.5, 0.6) is 0 Å². The van der Waals surface area contributed by atoms with Crippen LogP contribution in [0.4, 0.5) is 0 Å². The average Bonchev–Trinajstić information content (AvgIpc) is 3.06. The van der Waals surface area contributed by atoms with Crippen LogP contribution >= 0.6 is 0 Å². The molecule has 46 heavy (non-hydrogen) atoms. The van der Waals surface area contributed by atoms with E-state index >= 15 is 0 Å². The molecule has 1 amide bonds. The lowest BCUT2D eigenvalue weighted by atomic mass is 10.0. The van der Waals surface area contributed by atoms with Crippen molar-refractivity contribution in [3.8, 4) is 0 Å². The summed E-state index contributed by atoms with van der Waals surface area (Å²) in [6.07, 6.45) is 48.4. The van der Waals surface area contributed by atoms with E-state index in [1.54, 1.807) is 6.08 Å². The van der Waals surface area contributed by atoms with Crippen molar-refractivity contribution in [2.24, 2.45) is 0 Å². The van der Waals surface area contributed by atoms with Gasteiger partial charge in [0.05, 0.1) is 18.8 Å². The molecule has 0 heterocycles. The second kappa shape index (κ2) is 38.3. The first-order valence-corrected chi connectivity index (χ1v) is 20.6. The largest absolute Gasteiger partial charge is 0.394 e. The van der Waals surface area contributed by atoms with E-state index in [1.807, 2.05) is 6.08 Å². The molecule has 0 aliphatic rings. The zero-order valence-corrected chi connectivity index (χ0v) is 31.1. The number of nitrogens with one attached hydrogen (secondary N) is 1. The van der Waals surface area contributed by atoms with Gasteiger partial charge in [0.25, 0.3) is 0 Å². The summed E-state index contributed by atoms with van der Waals surface area (Å²) >= 11 is 0. The van der Waals surface area contributed by atoms with Gasteiger partial charge in [0.2, 0.25) is 5.91 Å². The van der Waals surface area contributed by atoms with Crippen LogP contribution in [0.2, 0.25) is 0 Å². The molecule has 0 aliphatic carbocycles. The molecular weight excluding hydrogens is 566 g/mol. The minimum absolute atomic E-state index is 0.0647. The van der Waals surface area contributed by atoms with Gasteiger partial charge < -0.3 is 15.5 Å². The van der Waals surface area contributed by atoms with Gasteiger partial charge in [-0.15, -0.1) is 0 Å². The Bertz CT molecular complexity index is 661. The van der Waals surface area contributed by atoms with E-state index in [0.29, 0.717) is 6.42 Å². The number of hydrogen-bond donors (Lipinski definition) is 3. The first-order valence-electron chi connectivity index (χ1n) is 20.6. The highest BCUT2D eigenvalue weighted by Crippen LogP contribution is 2.14. The topological polar surface area (TPSA) is 69.6 Å². The summed E-state index contributed by atoms with van der Waals surface area (Å²) in [4.78, 5) is 12.3. The van der Waals surface area contributed by atoms with Gasteiger partial charge in [-0.3, -0.25) is 4.79 Å². The molecule has 0 rings (SSSR count). The molecule has 4 heteroatoms. The Labute approximate surface area is 288 Å². The Kier molecular flexibility index (Phi) is 37.4. The predicted molar refractivity (Wildman–Crippen MR) is 202 cm³/mol. The molecule has 272 valence electrons. The third-order valence-electron chi connectivity index (χ3n) is 9.43. The van der Waals surface area contributed by atoms with Crippen LogP contribution in [-0.4, -0.2) is 34.9 Å². The number of unbranched alkanes of at least 4 members (excludes halogenated alkanes) is 28. The summed E-state index contributed by atoms with van der Waals surface area (Å²) < 4.78 is 0. The van der Waals surface area contributed by atoms with Gasteiger partial charge in [-0.2, -0.15) is 0 Å². The second-order valence-corrected chi connectivity index (χ2v) is 14.1. The van der Waals surface area contributed by atoms with Gasteiger partial charge in [0, 0.05) is 6.42 Å². The summed E-state index contributed by atoms with van der Waals surface area (Å²) in [5, 5.41) is 22.9. The van der Waals surface area contributed by atoms with Gasteiger partial charge in [-0.25, -0.2) is 0 Å². The molecule has 0 saturated carbocycles. The van der Waals surface area contributed by atoms with Crippen LogP contribution in [0.25, 0.3) is 0 Å². The molecule has 0 fully saturated rings. The van der Waals surface area contributed by atoms with Crippen molar-refractivity contribution in [1.82, 2.24) is 5.32 Å². The van der Waals surface area contributed by atoms with Gasteiger partial charge in [0.15, 0.2) is 0 Å². The second-order valence-electron chi connectivity index (χ2n) is 14.1. The smallest absolute Gasteiger partial charge is 0.220 e. The summed E-state index contributed by atoms with van der Waals surface area (Å²) in [7, 11) is 0. The standard InChI is InChI=1S/C42H81NO3/c1-3-5-7-9-11-13-15-17-18-19-20-21-22-23-24-26-28-30-32-34-36-38-42(46)43-40(39-44)41(45)37-35-33-31-29-27-25-16-14-12-10-8-6-4-2/h17-18,35,37,40-41,44-45H,3-16,19-34,36,38-39H2,1-2H3,(H,43,46)/b18-17+,37-35+/t40-,41-/m1/s1. The van der Waals surface area contributed by atoms with Crippen LogP contribution in [0, 0.1) is 0 Å². The zero-order chi connectivity index (χ0) is 33.6. The highest BCUT2D eigenvalue weighted by atomic mass is 16.3. The van der Waals surface area contributed by atoms with Crippen LogP contribution in [0.3, 0.4) is 0 Å². The van der Waals surface area contributed by atoms with Crippen molar-refractivity contribution >= 4 is 5.91 Å². The van der Waals surface area contributed by atoms with Crippen molar-refractivity contribution in [2.75, 3.05) is 6.61 Å². The molecule has 0 saturated heterocycles.